The fourth-order valence-corrected chi connectivity index (χ4v) is 5.52. The van der Waals surface area contributed by atoms with E-state index in [1.807, 2.05) is 0 Å². The Hall–Kier alpha value is -2.43. The monoisotopic (exact) mass is 424 g/mol. The van der Waals surface area contributed by atoms with Crippen LogP contribution in [-0.2, 0) is 24.8 Å². The first kappa shape index (κ1) is 20.3. The van der Waals surface area contributed by atoms with Crippen molar-refractivity contribution in [3.8, 4) is 0 Å². The molecule has 0 amide bonds. The number of methoxy groups -OCH3 is 1. The highest BCUT2D eigenvalue weighted by Gasteiger charge is 2.27. The molecule has 0 atom stereocenters. The zero-order valence-electron chi connectivity index (χ0n) is 15.2. The molecule has 0 spiro atoms. The first-order valence-corrected chi connectivity index (χ1v) is 11.5. The van der Waals surface area contributed by atoms with Crippen molar-refractivity contribution in [1.29, 1.82) is 0 Å². The van der Waals surface area contributed by atoms with E-state index in [4.69, 9.17) is 0 Å². The minimum Gasteiger partial charge on any atom is -0.465 e. The number of ether oxygens (including phenoxy) is 1. The van der Waals surface area contributed by atoms with E-state index in [9.17, 15) is 21.6 Å². The molecule has 1 heterocycles. The average Bonchev–Trinajstić information content (AvgIpc) is 3.23. The fraction of sp³-hybridized carbons (Fsp3) is 0.278. The summed E-state index contributed by atoms with van der Waals surface area (Å²) in [6.07, 6.45) is 1.67. The lowest BCUT2D eigenvalue weighted by atomic mass is 10.2. The maximum absolute atomic E-state index is 12.6. The largest absolute Gasteiger partial charge is 0.465 e. The smallest absolute Gasteiger partial charge is 0.337 e. The lowest BCUT2D eigenvalue weighted by Crippen LogP contribution is -2.27. The Bertz CT molecular complexity index is 1070. The van der Waals surface area contributed by atoms with Gasteiger partial charge in [0.2, 0.25) is 10.0 Å². The van der Waals surface area contributed by atoms with E-state index in [2.05, 4.69) is 9.46 Å². The maximum Gasteiger partial charge on any atom is 0.337 e. The zero-order chi connectivity index (χ0) is 20.4. The summed E-state index contributed by atoms with van der Waals surface area (Å²) in [6, 6.07) is 11.0. The van der Waals surface area contributed by atoms with Gasteiger partial charge in [-0.3, -0.25) is 4.72 Å². The van der Waals surface area contributed by atoms with Gasteiger partial charge in [0.05, 0.1) is 22.5 Å². The fourth-order valence-electron chi connectivity index (χ4n) is 2.89. The second-order valence-electron chi connectivity index (χ2n) is 6.26. The van der Waals surface area contributed by atoms with Gasteiger partial charge in [-0.15, -0.1) is 0 Å². The molecule has 0 unspecified atom stereocenters. The Balaban J connectivity index is 1.81. The van der Waals surface area contributed by atoms with Crippen molar-refractivity contribution < 1.29 is 26.4 Å². The molecule has 0 aromatic heterocycles. The highest BCUT2D eigenvalue weighted by molar-refractivity contribution is 7.92. The Labute approximate surface area is 164 Å². The summed E-state index contributed by atoms with van der Waals surface area (Å²) in [5, 5.41) is 0. The molecule has 8 nitrogen and oxygen atoms in total. The first-order valence-electron chi connectivity index (χ1n) is 8.55. The molecule has 0 radical (unpaired) electrons. The van der Waals surface area contributed by atoms with Crippen LogP contribution in [0, 0.1) is 0 Å². The van der Waals surface area contributed by atoms with Crippen molar-refractivity contribution in [2.45, 2.75) is 22.6 Å². The molecule has 0 bridgehead atoms. The van der Waals surface area contributed by atoms with Gasteiger partial charge in [0.1, 0.15) is 0 Å². The highest BCUT2D eigenvalue weighted by atomic mass is 32.2. The summed E-state index contributed by atoms with van der Waals surface area (Å²) in [5.41, 5.74) is 0.321. The van der Waals surface area contributed by atoms with Crippen LogP contribution < -0.4 is 4.72 Å². The third-order valence-corrected chi connectivity index (χ3v) is 7.67. The van der Waals surface area contributed by atoms with Crippen LogP contribution in [-0.4, -0.2) is 47.3 Å². The molecule has 10 heteroatoms. The number of nitrogens with one attached hydrogen (secondary N) is 1. The molecule has 0 aliphatic carbocycles. The van der Waals surface area contributed by atoms with Crippen molar-refractivity contribution in [2.24, 2.45) is 0 Å². The van der Waals surface area contributed by atoms with Crippen LogP contribution in [0.1, 0.15) is 23.2 Å². The van der Waals surface area contributed by atoms with Gasteiger partial charge in [-0.2, -0.15) is 4.31 Å². The number of esters is 1. The summed E-state index contributed by atoms with van der Waals surface area (Å²) < 4.78 is 58.6. The van der Waals surface area contributed by atoms with E-state index in [1.165, 1.54) is 59.9 Å². The van der Waals surface area contributed by atoms with Crippen LogP contribution in [0.5, 0.6) is 0 Å². The molecule has 0 saturated carbocycles. The Morgan fingerprint density at radius 2 is 1.61 bits per heavy atom. The topological polar surface area (TPSA) is 110 Å². The number of sulfonamides is 2. The SMILES string of the molecule is COC(=O)c1cccc(S(=O)(=O)Nc2ccc(S(=O)(=O)N3CCCC3)cc2)c1. The van der Waals surface area contributed by atoms with E-state index >= 15 is 0 Å². The second-order valence-corrected chi connectivity index (χ2v) is 9.88. The zero-order valence-corrected chi connectivity index (χ0v) is 16.8. The molecule has 150 valence electrons. The molecule has 28 heavy (non-hydrogen) atoms. The van der Waals surface area contributed by atoms with E-state index in [1.54, 1.807) is 0 Å². The molecule has 1 fully saturated rings. The molecular formula is C18H20N2O6S2. The summed E-state index contributed by atoms with van der Waals surface area (Å²) in [5.74, 6) is -0.645. The van der Waals surface area contributed by atoms with Gasteiger partial charge in [0.15, 0.2) is 0 Å². The van der Waals surface area contributed by atoms with Gasteiger partial charge in [-0.05, 0) is 55.3 Å². The number of carbonyl (C=O) groups excluding carboxylic acids is 1. The molecule has 1 aliphatic heterocycles. The summed E-state index contributed by atoms with van der Waals surface area (Å²) in [7, 11) is -6.32. The minimum atomic E-state index is -3.96. The van der Waals surface area contributed by atoms with E-state index in [-0.39, 0.29) is 21.0 Å². The normalized spacial score (nSPS) is 15.3. The molecule has 3 rings (SSSR count). The number of carbonyl (C=O) groups is 1. The van der Waals surface area contributed by atoms with Crippen LogP contribution >= 0.6 is 0 Å². The van der Waals surface area contributed by atoms with Crippen molar-refractivity contribution in [1.82, 2.24) is 4.31 Å². The molecule has 2 aromatic carbocycles. The van der Waals surface area contributed by atoms with Gasteiger partial charge in [0.25, 0.3) is 10.0 Å². The second kappa shape index (κ2) is 7.90. The van der Waals surface area contributed by atoms with Crippen LogP contribution in [0.25, 0.3) is 0 Å². The van der Waals surface area contributed by atoms with Crippen molar-refractivity contribution in [3.05, 3.63) is 54.1 Å². The lowest BCUT2D eigenvalue weighted by molar-refractivity contribution is 0.0600. The number of rotatable bonds is 6. The summed E-state index contributed by atoms with van der Waals surface area (Å²) in [4.78, 5) is 11.6. The number of hydrogen-bond acceptors (Lipinski definition) is 6. The van der Waals surface area contributed by atoms with Crippen LogP contribution in [0.2, 0.25) is 0 Å². The number of benzene rings is 2. The number of nitrogens with zero attached hydrogens (tertiary/aromatic N) is 1. The van der Waals surface area contributed by atoms with Crippen LogP contribution in [0.4, 0.5) is 5.69 Å². The van der Waals surface area contributed by atoms with Crippen LogP contribution in [0.3, 0.4) is 0 Å². The predicted molar refractivity (Wildman–Crippen MR) is 103 cm³/mol. The van der Waals surface area contributed by atoms with Gasteiger partial charge < -0.3 is 4.74 Å². The first-order chi connectivity index (χ1) is 13.2. The third-order valence-electron chi connectivity index (χ3n) is 4.37. The van der Waals surface area contributed by atoms with Gasteiger partial charge in [0, 0.05) is 18.8 Å². The molecule has 1 aliphatic rings. The predicted octanol–water partition coefficient (Wildman–Crippen LogP) is 2.06. The summed E-state index contributed by atoms with van der Waals surface area (Å²) >= 11 is 0. The summed E-state index contributed by atoms with van der Waals surface area (Å²) in [6.45, 7) is 0.987. The van der Waals surface area contributed by atoms with Gasteiger partial charge in [-0.1, -0.05) is 6.07 Å². The van der Waals surface area contributed by atoms with Crippen molar-refractivity contribution >= 4 is 31.7 Å². The average molecular weight is 425 g/mol. The number of anilines is 1. The quantitative estimate of drug-likeness (QED) is 0.711. The Kier molecular flexibility index (Phi) is 5.73. The maximum atomic E-state index is 12.6. The molecule has 1 N–H and O–H groups in total. The Morgan fingerprint density at radius 1 is 0.964 bits per heavy atom. The van der Waals surface area contributed by atoms with Crippen molar-refractivity contribution in [2.75, 3.05) is 24.9 Å². The van der Waals surface area contributed by atoms with Crippen molar-refractivity contribution in [3.63, 3.8) is 0 Å². The van der Waals surface area contributed by atoms with E-state index in [0.717, 1.165) is 12.8 Å². The minimum absolute atomic E-state index is 0.107. The van der Waals surface area contributed by atoms with E-state index in [0.29, 0.717) is 13.1 Å². The Morgan fingerprint density at radius 3 is 2.21 bits per heavy atom. The van der Waals surface area contributed by atoms with Gasteiger partial charge in [-0.25, -0.2) is 21.6 Å². The van der Waals surface area contributed by atoms with Gasteiger partial charge >= 0.3 is 5.97 Å². The van der Waals surface area contributed by atoms with E-state index < -0.39 is 26.0 Å². The lowest BCUT2D eigenvalue weighted by Gasteiger charge is -2.16. The standard InChI is InChI=1S/C18H20N2O6S2/c1-26-18(21)14-5-4-6-17(13-14)27(22,23)19-15-7-9-16(10-8-15)28(24,25)20-11-2-3-12-20/h4-10,13,19H,2-3,11-12H2,1H3. The molecule has 1 saturated heterocycles. The molecular weight excluding hydrogens is 404 g/mol. The highest BCUT2D eigenvalue weighted by Crippen LogP contribution is 2.23. The molecule has 2 aromatic rings. The third kappa shape index (κ3) is 4.18. The van der Waals surface area contributed by atoms with Crippen LogP contribution in [0.15, 0.2) is 58.3 Å². The number of hydrogen-bond donors (Lipinski definition) is 1.